The molecule has 0 atom stereocenters. The minimum absolute atomic E-state index is 0.0565. The number of benzene rings is 1. The third-order valence-corrected chi connectivity index (χ3v) is 1.11. The van der Waals surface area contributed by atoms with Crippen molar-refractivity contribution in [1.29, 1.82) is 0 Å². The van der Waals surface area contributed by atoms with Gasteiger partial charge in [0.05, 0.1) is 0 Å². The quantitative estimate of drug-likeness (QED) is 0.617. The number of hydrogen-bond donors (Lipinski definition) is 0. The lowest BCUT2D eigenvalue weighted by atomic mass is 10.3. The Bertz CT molecular complexity index is 225. The van der Waals surface area contributed by atoms with Crippen LogP contribution in [0.1, 0.15) is 0 Å². The summed E-state index contributed by atoms with van der Waals surface area (Å²) in [4.78, 5) is 0. The van der Waals surface area contributed by atoms with Crippen molar-refractivity contribution in [2.75, 3.05) is 13.9 Å². The van der Waals surface area contributed by atoms with E-state index in [2.05, 4.69) is 10.8 Å². The number of rotatable bonds is 3. The Morgan fingerprint density at radius 3 is 3.09 bits per heavy atom. The fraction of sp³-hybridized carbons (Fsp3) is 0.250. The molecule has 0 aliphatic rings. The first-order valence-corrected chi connectivity index (χ1v) is 3.12. The van der Waals surface area contributed by atoms with Gasteiger partial charge in [-0.2, -0.15) is 0 Å². The van der Waals surface area contributed by atoms with Gasteiger partial charge in [-0.3, -0.25) is 0 Å². The third kappa shape index (κ3) is 2.20. The molecule has 0 spiro atoms. The van der Waals surface area contributed by atoms with Gasteiger partial charge in [0.25, 0.3) is 0 Å². The molecule has 3 heteroatoms. The summed E-state index contributed by atoms with van der Waals surface area (Å²) in [5.74, 6) is -0.241. The van der Waals surface area contributed by atoms with E-state index >= 15 is 0 Å². The van der Waals surface area contributed by atoms with Crippen molar-refractivity contribution >= 4 is 0 Å². The van der Waals surface area contributed by atoms with Crippen molar-refractivity contribution in [2.24, 2.45) is 0 Å². The van der Waals surface area contributed by atoms with Crippen LogP contribution in [0.3, 0.4) is 0 Å². The number of hydrogen-bond acceptors (Lipinski definition) is 2. The molecule has 0 aliphatic carbocycles. The van der Waals surface area contributed by atoms with Gasteiger partial charge in [0.1, 0.15) is 0 Å². The summed E-state index contributed by atoms with van der Waals surface area (Å²) < 4.78 is 22.2. The number of ether oxygens (including phenoxy) is 2. The molecule has 0 fully saturated rings. The highest BCUT2D eigenvalue weighted by Crippen LogP contribution is 2.14. The Hall–Kier alpha value is -1.09. The lowest BCUT2D eigenvalue weighted by Gasteiger charge is -2.03. The monoisotopic (exact) mass is 155 g/mol. The van der Waals surface area contributed by atoms with E-state index in [-0.39, 0.29) is 12.5 Å². The summed E-state index contributed by atoms with van der Waals surface area (Å²) in [5, 5.41) is 0. The first-order chi connectivity index (χ1) is 5.34. The van der Waals surface area contributed by atoms with Crippen LogP contribution < -0.4 is 4.74 Å². The predicted octanol–water partition coefficient (Wildman–Crippen LogP) is 1.61. The topological polar surface area (TPSA) is 18.5 Å². The molecule has 0 saturated heterocycles. The van der Waals surface area contributed by atoms with E-state index in [0.717, 1.165) is 0 Å². The van der Waals surface area contributed by atoms with Crippen molar-refractivity contribution in [1.82, 2.24) is 0 Å². The zero-order valence-electron chi connectivity index (χ0n) is 6.13. The van der Waals surface area contributed by atoms with Crippen LogP contribution in [0.15, 0.2) is 18.2 Å². The lowest BCUT2D eigenvalue weighted by molar-refractivity contribution is 0.0483. The van der Waals surface area contributed by atoms with Crippen LogP contribution in [0.4, 0.5) is 4.39 Å². The molecule has 0 heterocycles. The van der Waals surface area contributed by atoms with Gasteiger partial charge >= 0.3 is 0 Å². The molecule has 0 N–H and O–H groups in total. The highest BCUT2D eigenvalue weighted by Gasteiger charge is 1.99. The number of methoxy groups -OCH3 is 1. The van der Waals surface area contributed by atoms with Crippen molar-refractivity contribution in [3.05, 3.63) is 30.1 Å². The molecular formula is C8H8FO2. The first kappa shape index (κ1) is 8.01. The van der Waals surface area contributed by atoms with Crippen LogP contribution in [-0.2, 0) is 4.74 Å². The van der Waals surface area contributed by atoms with Gasteiger partial charge in [-0.25, -0.2) is 4.39 Å². The van der Waals surface area contributed by atoms with Crippen molar-refractivity contribution in [2.45, 2.75) is 0 Å². The largest absolute Gasteiger partial charge is 0.464 e. The van der Waals surface area contributed by atoms with E-state index in [1.54, 1.807) is 6.07 Å². The van der Waals surface area contributed by atoms with E-state index in [0.29, 0.717) is 0 Å². The van der Waals surface area contributed by atoms with Crippen molar-refractivity contribution in [3.8, 4) is 5.75 Å². The molecule has 11 heavy (non-hydrogen) atoms. The second kappa shape index (κ2) is 3.93. The maximum atomic E-state index is 12.7. The molecular weight excluding hydrogens is 147 g/mol. The minimum Gasteiger partial charge on any atom is -0.464 e. The number of halogens is 1. The molecule has 2 nitrogen and oxygen atoms in total. The molecule has 0 aromatic heterocycles. The van der Waals surface area contributed by atoms with Gasteiger partial charge < -0.3 is 9.47 Å². The van der Waals surface area contributed by atoms with Gasteiger partial charge in [-0.15, -0.1) is 0 Å². The molecule has 0 amide bonds. The van der Waals surface area contributed by atoms with Crippen molar-refractivity contribution in [3.63, 3.8) is 0 Å². The summed E-state index contributed by atoms with van der Waals surface area (Å²) in [6.07, 6.45) is 0. The predicted molar refractivity (Wildman–Crippen MR) is 37.7 cm³/mol. The summed E-state index contributed by atoms with van der Waals surface area (Å²) in [6, 6.07) is 6.87. The summed E-state index contributed by atoms with van der Waals surface area (Å²) >= 11 is 0. The highest BCUT2D eigenvalue weighted by molar-refractivity contribution is 5.22. The Morgan fingerprint density at radius 2 is 2.45 bits per heavy atom. The highest BCUT2D eigenvalue weighted by atomic mass is 19.1. The second-order valence-electron chi connectivity index (χ2n) is 1.91. The van der Waals surface area contributed by atoms with E-state index in [9.17, 15) is 4.39 Å². The SMILES string of the molecule is COCOc1cc[c]cc1F. The van der Waals surface area contributed by atoms with Crippen LogP contribution in [0.5, 0.6) is 5.75 Å². The Morgan fingerprint density at radius 1 is 1.64 bits per heavy atom. The van der Waals surface area contributed by atoms with E-state index < -0.39 is 5.82 Å². The summed E-state index contributed by atoms with van der Waals surface area (Å²) in [7, 11) is 1.48. The van der Waals surface area contributed by atoms with Gasteiger partial charge in [-0.1, -0.05) is 6.07 Å². The fourth-order valence-corrected chi connectivity index (χ4v) is 0.635. The van der Waals surface area contributed by atoms with Crippen molar-refractivity contribution < 1.29 is 13.9 Å². The smallest absolute Gasteiger partial charge is 0.188 e. The van der Waals surface area contributed by atoms with E-state index in [4.69, 9.17) is 4.74 Å². The molecule has 1 aromatic carbocycles. The molecule has 0 bridgehead atoms. The van der Waals surface area contributed by atoms with E-state index in [1.165, 1.54) is 19.2 Å². The van der Waals surface area contributed by atoms with Crippen LogP contribution in [0.25, 0.3) is 0 Å². The van der Waals surface area contributed by atoms with Crippen LogP contribution in [-0.4, -0.2) is 13.9 Å². The van der Waals surface area contributed by atoms with Crippen LogP contribution in [0, 0.1) is 11.9 Å². The molecule has 1 radical (unpaired) electrons. The standard InChI is InChI=1S/C8H8FO2/c1-10-6-11-8-5-3-2-4-7(8)9/h3-5H,6H2,1H3. The Balaban J connectivity index is 2.62. The maximum absolute atomic E-state index is 12.7. The van der Waals surface area contributed by atoms with Gasteiger partial charge in [-0.05, 0) is 18.2 Å². The zero-order chi connectivity index (χ0) is 8.10. The Kier molecular flexibility index (Phi) is 2.86. The van der Waals surface area contributed by atoms with Gasteiger partial charge in [0.2, 0.25) is 0 Å². The van der Waals surface area contributed by atoms with Crippen LogP contribution in [0.2, 0.25) is 0 Å². The molecule has 59 valence electrons. The normalized spacial score (nSPS) is 9.64. The molecule has 0 unspecified atom stereocenters. The average Bonchev–Trinajstić information content (AvgIpc) is 2.03. The van der Waals surface area contributed by atoms with E-state index in [1.807, 2.05) is 0 Å². The molecule has 1 aromatic rings. The second-order valence-corrected chi connectivity index (χ2v) is 1.91. The average molecular weight is 155 g/mol. The summed E-state index contributed by atoms with van der Waals surface area (Å²) in [5.41, 5.74) is 0. The zero-order valence-corrected chi connectivity index (χ0v) is 6.13. The van der Waals surface area contributed by atoms with Gasteiger partial charge in [0, 0.05) is 7.11 Å². The lowest BCUT2D eigenvalue weighted by Crippen LogP contribution is -2.00. The molecule has 0 saturated carbocycles. The van der Waals surface area contributed by atoms with Crippen LogP contribution >= 0.6 is 0 Å². The molecule has 1 rings (SSSR count). The fourth-order valence-electron chi connectivity index (χ4n) is 0.635. The molecule has 0 aliphatic heterocycles. The third-order valence-electron chi connectivity index (χ3n) is 1.11. The van der Waals surface area contributed by atoms with Gasteiger partial charge in [0.15, 0.2) is 18.4 Å². The minimum atomic E-state index is -0.426. The maximum Gasteiger partial charge on any atom is 0.188 e. The first-order valence-electron chi connectivity index (χ1n) is 3.12. The summed E-state index contributed by atoms with van der Waals surface area (Å²) in [6.45, 7) is 0.0565. The Labute approximate surface area is 64.6 Å².